The highest BCUT2D eigenvalue weighted by Crippen LogP contribution is 2.28. The number of likely N-dealkylation sites (tertiary alicyclic amines) is 1. The Labute approximate surface area is 86.0 Å². The molecule has 0 aromatic rings. The molecule has 2 rings (SSSR count). The van der Waals surface area contributed by atoms with Gasteiger partial charge in [0.15, 0.2) is 0 Å². The minimum absolute atomic E-state index is 0.365. The van der Waals surface area contributed by atoms with Crippen LogP contribution in [0.2, 0.25) is 0 Å². The Balaban J connectivity index is 1.78. The highest BCUT2D eigenvalue weighted by atomic mass is 16.5. The van der Waals surface area contributed by atoms with E-state index in [1.54, 1.807) is 0 Å². The minimum atomic E-state index is -0.365. The van der Waals surface area contributed by atoms with Crippen LogP contribution in [-0.4, -0.2) is 48.0 Å². The molecule has 0 atom stereocenters. The zero-order chi connectivity index (χ0) is 10.0. The summed E-state index contributed by atoms with van der Waals surface area (Å²) in [6, 6.07) is 0.640. The molecule has 0 spiro atoms. The second kappa shape index (κ2) is 4.17. The maximum absolute atomic E-state index is 10.2. The normalized spacial score (nSPS) is 28.7. The molecular formula is C11H21NO2. The third-order valence-electron chi connectivity index (χ3n) is 3.58. The second-order valence-electron chi connectivity index (χ2n) is 4.70. The van der Waals surface area contributed by atoms with E-state index in [2.05, 4.69) is 11.8 Å². The summed E-state index contributed by atoms with van der Waals surface area (Å²) in [5.41, 5.74) is -0.365. The van der Waals surface area contributed by atoms with Gasteiger partial charge in [0, 0.05) is 13.1 Å². The van der Waals surface area contributed by atoms with Crippen LogP contribution in [0.25, 0.3) is 0 Å². The smallest absolute Gasteiger partial charge is 0.0672 e. The van der Waals surface area contributed by atoms with Crippen LogP contribution in [0, 0.1) is 0 Å². The summed E-state index contributed by atoms with van der Waals surface area (Å²) in [4.78, 5) is 2.47. The molecule has 0 amide bonds. The lowest BCUT2D eigenvalue weighted by Gasteiger charge is -2.44. The fourth-order valence-electron chi connectivity index (χ4n) is 2.45. The van der Waals surface area contributed by atoms with Gasteiger partial charge < -0.3 is 9.84 Å². The van der Waals surface area contributed by atoms with Crippen molar-refractivity contribution < 1.29 is 9.84 Å². The molecule has 14 heavy (non-hydrogen) atoms. The molecule has 0 aromatic carbocycles. The summed E-state index contributed by atoms with van der Waals surface area (Å²) < 4.78 is 5.18. The lowest BCUT2D eigenvalue weighted by molar-refractivity contribution is -0.101. The van der Waals surface area contributed by atoms with E-state index >= 15 is 0 Å². The van der Waals surface area contributed by atoms with Gasteiger partial charge in [0.2, 0.25) is 0 Å². The van der Waals surface area contributed by atoms with E-state index in [4.69, 9.17) is 4.74 Å². The Morgan fingerprint density at radius 1 is 1.36 bits per heavy atom. The van der Waals surface area contributed by atoms with Crippen molar-refractivity contribution >= 4 is 0 Å². The standard InChI is InChI=1S/C11H21NO2/c1-2-3-11(13)4-6-12(7-5-11)10-8-14-9-10/h10,13H,2-9H2,1H3. The van der Waals surface area contributed by atoms with Crippen molar-refractivity contribution in [3.8, 4) is 0 Å². The van der Waals surface area contributed by atoms with Gasteiger partial charge in [-0.25, -0.2) is 0 Å². The molecule has 2 fully saturated rings. The van der Waals surface area contributed by atoms with Crippen LogP contribution in [0.1, 0.15) is 32.6 Å². The number of hydrogen-bond acceptors (Lipinski definition) is 3. The highest BCUT2D eigenvalue weighted by molar-refractivity contribution is 4.89. The molecule has 0 saturated carbocycles. The first kappa shape index (κ1) is 10.4. The molecule has 0 unspecified atom stereocenters. The van der Waals surface area contributed by atoms with E-state index in [9.17, 15) is 5.11 Å². The van der Waals surface area contributed by atoms with E-state index in [-0.39, 0.29) is 5.60 Å². The molecule has 0 aromatic heterocycles. The van der Waals surface area contributed by atoms with Gasteiger partial charge in [0.05, 0.1) is 24.9 Å². The number of hydrogen-bond donors (Lipinski definition) is 1. The molecule has 3 nitrogen and oxygen atoms in total. The second-order valence-corrected chi connectivity index (χ2v) is 4.70. The predicted molar refractivity (Wildman–Crippen MR) is 55.3 cm³/mol. The molecule has 2 heterocycles. The first-order valence-electron chi connectivity index (χ1n) is 5.78. The van der Waals surface area contributed by atoms with Crippen LogP contribution in [0.5, 0.6) is 0 Å². The van der Waals surface area contributed by atoms with E-state index in [0.29, 0.717) is 6.04 Å². The van der Waals surface area contributed by atoms with E-state index in [1.165, 1.54) is 0 Å². The van der Waals surface area contributed by atoms with Crippen molar-refractivity contribution in [2.45, 2.75) is 44.2 Å². The monoisotopic (exact) mass is 199 g/mol. The third-order valence-corrected chi connectivity index (χ3v) is 3.58. The average molecular weight is 199 g/mol. The predicted octanol–water partition coefficient (Wildman–Crippen LogP) is 1.01. The molecule has 0 bridgehead atoms. The average Bonchev–Trinajstić information content (AvgIpc) is 2.06. The number of aliphatic hydroxyl groups is 1. The number of ether oxygens (including phenoxy) is 1. The largest absolute Gasteiger partial charge is 0.390 e. The molecule has 1 N–H and O–H groups in total. The van der Waals surface area contributed by atoms with Gasteiger partial charge >= 0.3 is 0 Å². The Bertz CT molecular complexity index is 184. The van der Waals surface area contributed by atoms with E-state index < -0.39 is 0 Å². The van der Waals surface area contributed by atoms with Crippen molar-refractivity contribution in [1.82, 2.24) is 4.90 Å². The summed E-state index contributed by atoms with van der Waals surface area (Å²) in [7, 11) is 0. The fourth-order valence-corrected chi connectivity index (χ4v) is 2.45. The van der Waals surface area contributed by atoms with Gasteiger partial charge in [0.25, 0.3) is 0 Å². The Morgan fingerprint density at radius 3 is 2.43 bits per heavy atom. The highest BCUT2D eigenvalue weighted by Gasteiger charge is 2.35. The minimum Gasteiger partial charge on any atom is -0.390 e. The van der Waals surface area contributed by atoms with Crippen LogP contribution in [-0.2, 0) is 4.74 Å². The first-order valence-corrected chi connectivity index (χ1v) is 5.78. The van der Waals surface area contributed by atoms with Crippen LogP contribution < -0.4 is 0 Å². The van der Waals surface area contributed by atoms with E-state index in [0.717, 1.165) is 52.0 Å². The van der Waals surface area contributed by atoms with Gasteiger partial charge in [-0.3, -0.25) is 4.90 Å². The van der Waals surface area contributed by atoms with Crippen molar-refractivity contribution in [1.29, 1.82) is 0 Å². The Hall–Kier alpha value is -0.120. The lowest BCUT2D eigenvalue weighted by atomic mass is 9.86. The number of nitrogens with zero attached hydrogens (tertiary/aromatic N) is 1. The molecule has 3 heteroatoms. The third kappa shape index (κ3) is 2.10. The van der Waals surface area contributed by atoms with Crippen molar-refractivity contribution in [2.24, 2.45) is 0 Å². The topological polar surface area (TPSA) is 32.7 Å². The maximum atomic E-state index is 10.2. The van der Waals surface area contributed by atoms with Crippen molar-refractivity contribution in [3.63, 3.8) is 0 Å². The number of rotatable bonds is 3. The van der Waals surface area contributed by atoms with Gasteiger partial charge in [-0.1, -0.05) is 13.3 Å². The zero-order valence-electron chi connectivity index (χ0n) is 9.04. The first-order chi connectivity index (χ1) is 6.73. The maximum Gasteiger partial charge on any atom is 0.0672 e. The Morgan fingerprint density at radius 2 is 2.00 bits per heavy atom. The molecule has 2 aliphatic heterocycles. The van der Waals surface area contributed by atoms with E-state index in [1.807, 2.05) is 0 Å². The summed E-state index contributed by atoms with van der Waals surface area (Å²) in [5, 5.41) is 10.2. The quantitative estimate of drug-likeness (QED) is 0.736. The molecule has 0 radical (unpaired) electrons. The molecule has 2 saturated heterocycles. The van der Waals surface area contributed by atoms with Crippen LogP contribution in [0.15, 0.2) is 0 Å². The van der Waals surface area contributed by atoms with Crippen LogP contribution in [0.4, 0.5) is 0 Å². The fraction of sp³-hybridized carbons (Fsp3) is 1.00. The SMILES string of the molecule is CCCC1(O)CCN(C2COC2)CC1. The molecule has 82 valence electrons. The summed E-state index contributed by atoms with van der Waals surface area (Å²) in [6.45, 7) is 6.03. The summed E-state index contributed by atoms with van der Waals surface area (Å²) >= 11 is 0. The van der Waals surface area contributed by atoms with Gasteiger partial charge in [-0.2, -0.15) is 0 Å². The number of piperidine rings is 1. The molecular weight excluding hydrogens is 178 g/mol. The zero-order valence-corrected chi connectivity index (χ0v) is 9.04. The van der Waals surface area contributed by atoms with Gasteiger partial charge in [-0.15, -0.1) is 0 Å². The van der Waals surface area contributed by atoms with Crippen molar-refractivity contribution in [2.75, 3.05) is 26.3 Å². The van der Waals surface area contributed by atoms with Gasteiger partial charge in [-0.05, 0) is 19.3 Å². The summed E-state index contributed by atoms with van der Waals surface area (Å²) in [6.07, 6.45) is 3.93. The Kier molecular flexibility index (Phi) is 3.10. The molecule has 2 aliphatic rings. The van der Waals surface area contributed by atoms with Gasteiger partial charge in [0.1, 0.15) is 0 Å². The lowest BCUT2D eigenvalue weighted by Crippen LogP contribution is -2.54. The van der Waals surface area contributed by atoms with Crippen LogP contribution >= 0.6 is 0 Å². The summed E-state index contributed by atoms with van der Waals surface area (Å²) in [5.74, 6) is 0. The van der Waals surface area contributed by atoms with Crippen molar-refractivity contribution in [3.05, 3.63) is 0 Å². The molecule has 0 aliphatic carbocycles. The van der Waals surface area contributed by atoms with Crippen LogP contribution in [0.3, 0.4) is 0 Å².